The Kier molecular flexibility index (Phi) is 4.03. The van der Waals surface area contributed by atoms with Gasteiger partial charge in [0.2, 0.25) is 0 Å². The highest BCUT2D eigenvalue weighted by atomic mass is 16.5. The second-order valence-electron chi connectivity index (χ2n) is 5.45. The van der Waals surface area contributed by atoms with E-state index in [9.17, 15) is 0 Å². The highest BCUT2D eigenvalue weighted by Gasteiger charge is 2.25. The predicted molar refractivity (Wildman–Crippen MR) is 82.1 cm³/mol. The van der Waals surface area contributed by atoms with Gasteiger partial charge in [-0.3, -0.25) is 4.90 Å². The van der Waals surface area contributed by atoms with Gasteiger partial charge >= 0.3 is 0 Å². The minimum Gasteiger partial charge on any atom is -0.496 e. The largest absolute Gasteiger partial charge is 0.496 e. The van der Waals surface area contributed by atoms with Crippen molar-refractivity contribution < 1.29 is 4.74 Å². The molecule has 2 nitrogen and oxygen atoms in total. The average Bonchev–Trinajstić information content (AvgIpc) is 2.96. The summed E-state index contributed by atoms with van der Waals surface area (Å²) in [5.74, 6) is 1.62. The molecule has 2 heteroatoms. The van der Waals surface area contributed by atoms with E-state index >= 15 is 0 Å². The molecule has 0 amide bonds. The van der Waals surface area contributed by atoms with Gasteiger partial charge in [-0.05, 0) is 30.2 Å². The summed E-state index contributed by atoms with van der Waals surface area (Å²) in [6.45, 7) is 3.33. The summed E-state index contributed by atoms with van der Waals surface area (Å²) in [6.07, 6.45) is 1.22. The fourth-order valence-corrected chi connectivity index (χ4v) is 3.08. The number of nitrogens with zero attached hydrogens (tertiary/aromatic N) is 1. The van der Waals surface area contributed by atoms with E-state index in [0.717, 1.165) is 25.4 Å². The molecule has 1 aliphatic rings. The van der Waals surface area contributed by atoms with E-state index in [1.807, 2.05) is 6.07 Å². The molecule has 0 aliphatic carbocycles. The molecule has 2 aromatic rings. The predicted octanol–water partition coefficient (Wildman–Crippen LogP) is 3.68. The van der Waals surface area contributed by atoms with Crippen molar-refractivity contribution in [1.82, 2.24) is 4.90 Å². The van der Waals surface area contributed by atoms with Gasteiger partial charge in [-0.25, -0.2) is 0 Å². The zero-order chi connectivity index (χ0) is 13.8. The van der Waals surface area contributed by atoms with Crippen molar-refractivity contribution in [3.05, 3.63) is 65.7 Å². The number of hydrogen-bond acceptors (Lipinski definition) is 2. The molecule has 3 rings (SSSR count). The standard InChI is InChI=1S/C18H21NO/c1-20-18-10-6-5-9-17(18)16-11-12-19(14-16)13-15-7-3-2-4-8-15/h2-10,16H,11-14H2,1H3/t16-/m0/s1. The molecule has 0 N–H and O–H groups in total. The van der Waals surface area contributed by atoms with E-state index in [2.05, 4.69) is 53.4 Å². The molecular formula is C18H21NO. The van der Waals surface area contributed by atoms with Gasteiger partial charge in [-0.15, -0.1) is 0 Å². The van der Waals surface area contributed by atoms with Gasteiger partial charge in [0.25, 0.3) is 0 Å². The molecule has 2 aromatic carbocycles. The van der Waals surface area contributed by atoms with Crippen LogP contribution in [-0.4, -0.2) is 25.1 Å². The third-order valence-corrected chi connectivity index (χ3v) is 4.10. The molecule has 1 fully saturated rings. The number of hydrogen-bond donors (Lipinski definition) is 0. The van der Waals surface area contributed by atoms with Crippen LogP contribution in [-0.2, 0) is 6.54 Å². The second kappa shape index (κ2) is 6.10. The summed E-state index contributed by atoms with van der Waals surface area (Å²) < 4.78 is 5.49. The number of rotatable bonds is 4. The molecule has 0 unspecified atom stereocenters. The number of para-hydroxylation sites is 1. The lowest BCUT2D eigenvalue weighted by Crippen LogP contribution is -2.19. The van der Waals surface area contributed by atoms with Crippen molar-refractivity contribution in [2.24, 2.45) is 0 Å². The van der Waals surface area contributed by atoms with Crippen LogP contribution in [0.3, 0.4) is 0 Å². The maximum absolute atomic E-state index is 5.49. The number of likely N-dealkylation sites (tertiary alicyclic amines) is 1. The van der Waals surface area contributed by atoms with Crippen LogP contribution >= 0.6 is 0 Å². The Morgan fingerprint density at radius 2 is 1.80 bits per heavy atom. The van der Waals surface area contributed by atoms with Crippen LogP contribution in [0.1, 0.15) is 23.5 Å². The van der Waals surface area contributed by atoms with Crippen LogP contribution in [0, 0.1) is 0 Å². The molecule has 1 saturated heterocycles. The van der Waals surface area contributed by atoms with Crippen LogP contribution in [0.5, 0.6) is 5.75 Å². The fraction of sp³-hybridized carbons (Fsp3) is 0.333. The van der Waals surface area contributed by atoms with Gasteiger partial charge in [-0.2, -0.15) is 0 Å². The van der Waals surface area contributed by atoms with Crippen LogP contribution < -0.4 is 4.74 Å². The summed E-state index contributed by atoms with van der Waals surface area (Å²) in [4.78, 5) is 2.53. The van der Waals surface area contributed by atoms with Crippen molar-refractivity contribution in [2.45, 2.75) is 18.9 Å². The van der Waals surface area contributed by atoms with E-state index in [4.69, 9.17) is 4.74 Å². The van der Waals surface area contributed by atoms with Crippen molar-refractivity contribution in [2.75, 3.05) is 20.2 Å². The molecule has 0 saturated carbocycles. The first-order chi connectivity index (χ1) is 9.86. The Hall–Kier alpha value is -1.80. The van der Waals surface area contributed by atoms with Crippen LogP contribution in [0.2, 0.25) is 0 Å². The van der Waals surface area contributed by atoms with Gasteiger partial charge in [0.05, 0.1) is 7.11 Å². The van der Waals surface area contributed by atoms with E-state index in [0.29, 0.717) is 5.92 Å². The fourth-order valence-electron chi connectivity index (χ4n) is 3.08. The van der Waals surface area contributed by atoms with Gasteiger partial charge in [0, 0.05) is 19.0 Å². The zero-order valence-corrected chi connectivity index (χ0v) is 12.0. The zero-order valence-electron chi connectivity index (χ0n) is 12.0. The van der Waals surface area contributed by atoms with Crippen molar-refractivity contribution >= 4 is 0 Å². The van der Waals surface area contributed by atoms with E-state index in [1.165, 1.54) is 17.5 Å². The number of ether oxygens (including phenoxy) is 1. The summed E-state index contributed by atoms with van der Waals surface area (Å²) in [5, 5.41) is 0. The summed E-state index contributed by atoms with van der Waals surface area (Å²) in [7, 11) is 1.76. The summed E-state index contributed by atoms with van der Waals surface area (Å²) in [5.41, 5.74) is 2.75. The number of benzene rings is 2. The Morgan fingerprint density at radius 1 is 1.05 bits per heavy atom. The smallest absolute Gasteiger partial charge is 0.122 e. The summed E-state index contributed by atoms with van der Waals surface area (Å²) in [6, 6.07) is 19.1. The Balaban J connectivity index is 1.67. The number of methoxy groups -OCH3 is 1. The first-order valence-electron chi connectivity index (χ1n) is 7.26. The highest BCUT2D eigenvalue weighted by molar-refractivity contribution is 5.37. The second-order valence-corrected chi connectivity index (χ2v) is 5.45. The maximum atomic E-state index is 5.49. The molecule has 104 valence electrons. The molecule has 0 aromatic heterocycles. The van der Waals surface area contributed by atoms with Gasteiger partial charge < -0.3 is 4.74 Å². The minimum absolute atomic E-state index is 0.592. The van der Waals surface area contributed by atoms with Gasteiger partial charge in [0.1, 0.15) is 5.75 Å². The lowest BCUT2D eigenvalue weighted by atomic mass is 9.97. The van der Waals surface area contributed by atoms with E-state index < -0.39 is 0 Å². The summed E-state index contributed by atoms with van der Waals surface area (Å²) >= 11 is 0. The van der Waals surface area contributed by atoms with Crippen LogP contribution in [0.15, 0.2) is 54.6 Å². The highest BCUT2D eigenvalue weighted by Crippen LogP contribution is 2.33. The van der Waals surface area contributed by atoms with Crippen molar-refractivity contribution in [3.63, 3.8) is 0 Å². The molecule has 0 spiro atoms. The van der Waals surface area contributed by atoms with Crippen molar-refractivity contribution in [1.29, 1.82) is 0 Å². The maximum Gasteiger partial charge on any atom is 0.122 e. The molecular weight excluding hydrogens is 246 g/mol. The molecule has 1 atom stereocenters. The molecule has 1 heterocycles. The minimum atomic E-state index is 0.592. The van der Waals surface area contributed by atoms with Gasteiger partial charge in [0.15, 0.2) is 0 Å². The first kappa shape index (κ1) is 13.2. The molecule has 0 radical (unpaired) electrons. The molecule has 0 bridgehead atoms. The molecule has 20 heavy (non-hydrogen) atoms. The third kappa shape index (κ3) is 2.86. The first-order valence-corrected chi connectivity index (χ1v) is 7.26. The third-order valence-electron chi connectivity index (χ3n) is 4.10. The average molecular weight is 267 g/mol. The van der Waals surface area contributed by atoms with Crippen LogP contribution in [0.25, 0.3) is 0 Å². The van der Waals surface area contributed by atoms with E-state index in [-0.39, 0.29) is 0 Å². The topological polar surface area (TPSA) is 12.5 Å². The lowest BCUT2D eigenvalue weighted by molar-refractivity contribution is 0.325. The normalized spacial score (nSPS) is 19.1. The molecule has 1 aliphatic heterocycles. The lowest BCUT2D eigenvalue weighted by Gasteiger charge is -2.17. The van der Waals surface area contributed by atoms with E-state index in [1.54, 1.807) is 7.11 Å². The quantitative estimate of drug-likeness (QED) is 0.837. The van der Waals surface area contributed by atoms with Gasteiger partial charge in [-0.1, -0.05) is 48.5 Å². The SMILES string of the molecule is COc1ccccc1[C@H]1CCN(Cc2ccccc2)C1. The monoisotopic (exact) mass is 267 g/mol. The Labute approximate surface area is 121 Å². The Bertz CT molecular complexity index is 552. The van der Waals surface area contributed by atoms with Crippen LogP contribution in [0.4, 0.5) is 0 Å². The van der Waals surface area contributed by atoms with Crippen molar-refractivity contribution in [3.8, 4) is 5.75 Å². The Morgan fingerprint density at radius 3 is 2.60 bits per heavy atom.